The zero-order valence-corrected chi connectivity index (χ0v) is 22.6. The molecule has 0 spiro atoms. The van der Waals surface area contributed by atoms with E-state index in [1.54, 1.807) is 46.8 Å². The number of halogens is 5. The molecule has 1 saturated carbocycles. The Kier molecular flexibility index (Phi) is 7.35. The Bertz CT molecular complexity index is 1650. The molecule has 1 aliphatic rings. The molecule has 0 saturated heterocycles. The summed E-state index contributed by atoms with van der Waals surface area (Å²) < 4.78 is 58.8. The third kappa shape index (κ3) is 5.84. The van der Waals surface area contributed by atoms with Crippen LogP contribution in [0.3, 0.4) is 0 Å². The maximum Gasteiger partial charge on any atom is 0.417 e. The predicted molar refractivity (Wildman–Crippen MR) is 144 cm³/mol. The normalized spacial score (nSPS) is 14.3. The summed E-state index contributed by atoms with van der Waals surface area (Å²) in [4.78, 5) is 13.6. The molecule has 5 rings (SSSR count). The van der Waals surface area contributed by atoms with E-state index >= 15 is 0 Å². The molecule has 1 aliphatic carbocycles. The highest BCUT2D eigenvalue weighted by Gasteiger charge is 2.35. The molecule has 40 heavy (non-hydrogen) atoms. The fourth-order valence-electron chi connectivity index (χ4n) is 4.91. The van der Waals surface area contributed by atoms with E-state index in [4.69, 9.17) is 17.0 Å². The van der Waals surface area contributed by atoms with Crippen LogP contribution in [-0.2, 0) is 19.8 Å². The SMILES string of the molecule is Cc1cc(C(NC(=O)c2cc(Cn3ccn(C)c3=N)cc(-c3ccc(F)cc3C(F)(F)F)c2)C2CC2)ccc1Cl. The minimum atomic E-state index is -4.80. The van der Waals surface area contributed by atoms with Crippen LogP contribution in [0.25, 0.3) is 11.1 Å². The van der Waals surface area contributed by atoms with Gasteiger partial charge in [0.15, 0.2) is 0 Å². The van der Waals surface area contributed by atoms with Crippen molar-refractivity contribution in [2.45, 2.75) is 38.5 Å². The van der Waals surface area contributed by atoms with Gasteiger partial charge in [-0.1, -0.05) is 29.8 Å². The molecule has 0 aliphatic heterocycles. The minimum Gasteiger partial charge on any atom is -0.345 e. The van der Waals surface area contributed by atoms with Gasteiger partial charge in [-0.05, 0) is 89.9 Å². The van der Waals surface area contributed by atoms with Gasteiger partial charge in [0.1, 0.15) is 5.82 Å². The summed E-state index contributed by atoms with van der Waals surface area (Å²) in [6.45, 7) is 2.04. The van der Waals surface area contributed by atoms with Crippen molar-refractivity contribution in [2.24, 2.45) is 13.0 Å². The van der Waals surface area contributed by atoms with Gasteiger partial charge in [0.2, 0.25) is 5.62 Å². The van der Waals surface area contributed by atoms with E-state index < -0.39 is 23.5 Å². The number of rotatable bonds is 7. The Hall–Kier alpha value is -3.85. The molecule has 5 nitrogen and oxygen atoms in total. The third-order valence-electron chi connectivity index (χ3n) is 7.20. The number of nitrogens with one attached hydrogen (secondary N) is 2. The van der Waals surface area contributed by atoms with Gasteiger partial charge >= 0.3 is 6.18 Å². The van der Waals surface area contributed by atoms with Crippen molar-refractivity contribution in [1.82, 2.24) is 14.5 Å². The first-order valence-electron chi connectivity index (χ1n) is 12.7. The summed E-state index contributed by atoms with van der Waals surface area (Å²) in [6, 6.07) is 12.4. The molecule has 0 radical (unpaired) electrons. The van der Waals surface area contributed by atoms with Gasteiger partial charge in [-0.15, -0.1) is 0 Å². The van der Waals surface area contributed by atoms with Gasteiger partial charge in [0.25, 0.3) is 5.91 Å². The van der Waals surface area contributed by atoms with Crippen LogP contribution in [0, 0.1) is 24.1 Å². The number of aryl methyl sites for hydroxylation is 2. The van der Waals surface area contributed by atoms with Crippen LogP contribution in [0.2, 0.25) is 5.02 Å². The number of amides is 1. The molecule has 2 N–H and O–H groups in total. The summed E-state index contributed by atoms with van der Waals surface area (Å²) >= 11 is 6.20. The van der Waals surface area contributed by atoms with E-state index in [-0.39, 0.29) is 40.8 Å². The van der Waals surface area contributed by atoms with Crippen LogP contribution >= 0.6 is 11.6 Å². The van der Waals surface area contributed by atoms with E-state index in [0.29, 0.717) is 16.7 Å². The second-order valence-corrected chi connectivity index (χ2v) is 10.7. The van der Waals surface area contributed by atoms with Crippen molar-refractivity contribution in [2.75, 3.05) is 0 Å². The first-order chi connectivity index (χ1) is 18.9. The number of hydrogen-bond acceptors (Lipinski definition) is 2. The largest absolute Gasteiger partial charge is 0.417 e. The lowest BCUT2D eigenvalue weighted by Crippen LogP contribution is -2.30. The molecule has 1 amide bonds. The quantitative estimate of drug-likeness (QED) is 0.230. The topological polar surface area (TPSA) is 62.8 Å². The summed E-state index contributed by atoms with van der Waals surface area (Å²) in [5, 5.41) is 11.9. The highest BCUT2D eigenvalue weighted by Crippen LogP contribution is 2.42. The van der Waals surface area contributed by atoms with Gasteiger partial charge in [-0.3, -0.25) is 10.2 Å². The van der Waals surface area contributed by atoms with Crippen molar-refractivity contribution in [3.8, 4) is 11.1 Å². The van der Waals surface area contributed by atoms with Crippen molar-refractivity contribution in [1.29, 1.82) is 5.41 Å². The van der Waals surface area contributed by atoms with Gasteiger partial charge in [-0.2, -0.15) is 13.2 Å². The number of hydrogen-bond donors (Lipinski definition) is 2. The van der Waals surface area contributed by atoms with Gasteiger partial charge < -0.3 is 14.5 Å². The van der Waals surface area contributed by atoms with Crippen molar-refractivity contribution < 1.29 is 22.4 Å². The molecule has 1 atom stereocenters. The molecule has 0 bridgehead atoms. The van der Waals surface area contributed by atoms with Crippen molar-refractivity contribution in [3.63, 3.8) is 0 Å². The van der Waals surface area contributed by atoms with E-state index in [0.717, 1.165) is 36.1 Å². The summed E-state index contributed by atoms with van der Waals surface area (Å²) in [5.74, 6) is -1.20. The van der Waals surface area contributed by atoms with Crippen LogP contribution in [-0.4, -0.2) is 15.0 Å². The van der Waals surface area contributed by atoms with Crippen LogP contribution in [0.5, 0.6) is 0 Å². The Morgan fingerprint density at radius 2 is 1.85 bits per heavy atom. The molecule has 1 heterocycles. The van der Waals surface area contributed by atoms with Crippen LogP contribution in [0.1, 0.15) is 51.5 Å². The van der Waals surface area contributed by atoms with Gasteiger partial charge in [0, 0.05) is 30.0 Å². The van der Waals surface area contributed by atoms with Crippen LogP contribution in [0.4, 0.5) is 17.6 Å². The van der Waals surface area contributed by atoms with Gasteiger partial charge in [0.05, 0.1) is 18.2 Å². The zero-order chi connectivity index (χ0) is 28.8. The number of aromatic nitrogens is 2. The first-order valence-corrected chi connectivity index (χ1v) is 13.1. The fourth-order valence-corrected chi connectivity index (χ4v) is 5.03. The molecule has 208 valence electrons. The lowest BCUT2D eigenvalue weighted by atomic mass is 9.94. The highest BCUT2D eigenvalue weighted by molar-refractivity contribution is 6.31. The third-order valence-corrected chi connectivity index (χ3v) is 7.63. The lowest BCUT2D eigenvalue weighted by Gasteiger charge is -2.21. The Morgan fingerprint density at radius 3 is 2.48 bits per heavy atom. The Labute approximate surface area is 233 Å². The zero-order valence-electron chi connectivity index (χ0n) is 21.8. The number of carbonyl (C=O) groups is 1. The number of nitrogens with zero attached hydrogens (tertiary/aromatic N) is 2. The van der Waals surface area contributed by atoms with Gasteiger partial charge in [-0.25, -0.2) is 4.39 Å². The van der Waals surface area contributed by atoms with Crippen LogP contribution in [0.15, 0.2) is 67.0 Å². The maximum atomic E-state index is 13.9. The second kappa shape index (κ2) is 10.6. The number of alkyl halides is 3. The number of imidazole rings is 1. The average Bonchev–Trinajstić information content (AvgIpc) is 3.70. The van der Waals surface area contributed by atoms with E-state index in [2.05, 4.69) is 5.32 Å². The molecular formula is C30H27ClF4N4O. The van der Waals surface area contributed by atoms with E-state index in [9.17, 15) is 22.4 Å². The summed E-state index contributed by atoms with van der Waals surface area (Å²) in [6.07, 6.45) is 0.455. The lowest BCUT2D eigenvalue weighted by molar-refractivity contribution is -0.137. The monoisotopic (exact) mass is 570 g/mol. The Balaban J connectivity index is 1.57. The smallest absolute Gasteiger partial charge is 0.345 e. The molecule has 1 fully saturated rings. The number of benzene rings is 3. The highest BCUT2D eigenvalue weighted by atomic mass is 35.5. The van der Waals surface area contributed by atoms with Crippen LogP contribution < -0.4 is 10.9 Å². The molecule has 3 aromatic carbocycles. The molecule has 4 aromatic rings. The Morgan fingerprint density at radius 1 is 1.10 bits per heavy atom. The molecule has 1 aromatic heterocycles. The molecular weight excluding hydrogens is 544 g/mol. The molecule has 1 unspecified atom stereocenters. The number of carbonyl (C=O) groups excluding carboxylic acids is 1. The first kappa shape index (κ1) is 27.7. The van der Waals surface area contributed by atoms with E-state index in [1.165, 1.54) is 6.07 Å². The average molecular weight is 571 g/mol. The van der Waals surface area contributed by atoms with E-state index in [1.807, 2.05) is 19.1 Å². The summed E-state index contributed by atoms with van der Waals surface area (Å²) in [5.41, 5.74) is 1.43. The standard InChI is InChI=1S/C30H27ClF4N4O/c1-17-11-20(5-8-26(17)31)27(19-3-4-19)37-28(40)22-13-18(16-39-10-9-38(2)29(39)36)12-21(14-22)24-7-6-23(32)15-25(24)30(33,34)35/h5-15,19,27,36H,3-4,16H2,1-2H3,(H,37,40). The summed E-state index contributed by atoms with van der Waals surface area (Å²) in [7, 11) is 1.71. The van der Waals surface area contributed by atoms with Crippen molar-refractivity contribution in [3.05, 3.63) is 111 Å². The predicted octanol–water partition coefficient (Wildman–Crippen LogP) is 7.02. The second-order valence-electron chi connectivity index (χ2n) is 10.3. The molecule has 10 heteroatoms. The fraction of sp³-hybridized carbons (Fsp3) is 0.267. The maximum absolute atomic E-state index is 13.9. The van der Waals surface area contributed by atoms with Crippen molar-refractivity contribution >= 4 is 17.5 Å². The minimum absolute atomic E-state index is 0.128.